The van der Waals surface area contributed by atoms with Crippen molar-refractivity contribution < 1.29 is 9.53 Å². The minimum atomic E-state index is -0.428. The Balaban J connectivity index is 1.93. The Morgan fingerprint density at radius 2 is 1.91 bits per heavy atom. The highest BCUT2D eigenvalue weighted by molar-refractivity contribution is 6.30. The van der Waals surface area contributed by atoms with Crippen LogP contribution in [0, 0.1) is 6.92 Å². The minimum absolute atomic E-state index is 0.0455. The largest absolute Gasteiger partial charge is 0.491 e. The van der Waals surface area contributed by atoms with Gasteiger partial charge in [-0.15, -0.1) is 10.2 Å². The predicted octanol–water partition coefficient (Wildman–Crippen LogP) is 5.67. The van der Waals surface area contributed by atoms with Crippen LogP contribution in [0.5, 0.6) is 5.75 Å². The zero-order chi connectivity index (χ0) is 22.8. The summed E-state index contributed by atoms with van der Waals surface area (Å²) >= 11 is 6.14. The normalized spacial score (nSPS) is 15.1. The van der Waals surface area contributed by atoms with E-state index in [0.29, 0.717) is 17.3 Å². The number of ketones is 1. The summed E-state index contributed by atoms with van der Waals surface area (Å²) in [6, 6.07) is 13.1. The first kappa shape index (κ1) is 22.2. The molecular weight excluding hydrogens is 424 g/mol. The molecule has 166 valence electrons. The van der Waals surface area contributed by atoms with Crippen LogP contribution in [-0.4, -0.2) is 32.4 Å². The van der Waals surface area contributed by atoms with Crippen LogP contribution in [0.15, 0.2) is 47.5 Å². The Bertz CT molecular complexity index is 1170. The second-order valence-corrected chi connectivity index (χ2v) is 8.72. The average molecular weight is 451 g/mol. The molecule has 2 heterocycles. The van der Waals surface area contributed by atoms with Gasteiger partial charge in [0.25, 0.3) is 0 Å². The first-order chi connectivity index (χ1) is 15.4. The van der Waals surface area contributed by atoms with Gasteiger partial charge in [0.2, 0.25) is 0 Å². The summed E-state index contributed by atoms with van der Waals surface area (Å²) in [6.07, 6.45) is 1.66. The molecule has 4 rings (SSSR count). The third-order valence-electron chi connectivity index (χ3n) is 5.34. The van der Waals surface area contributed by atoms with Crippen molar-refractivity contribution in [3.8, 4) is 11.4 Å². The van der Waals surface area contributed by atoms with Gasteiger partial charge in [-0.1, -0.05) is 30.7 Å². The summed E-state index contributed by atoms with van der Waals surface area (Å²) in [4.78, 5) is 17.7. The lowest BCUT2D eigenvalue weighted by molar-refractivity contribution is -0.119. The maximum Gasteiger partial charge on any atom is 0.162 e. The number of halogens is 1. The molecule has 2 aromatic carbocycles. The van der Waals surface area contributed by atoms with Crippen LogP contribution in [-0.2, 0) is 4.79 Å². The van der Waals surface area contributed by atoms with E-state index in [2.05, 4.69) is 10.2 Å². The number of hydrogen-bond donors (Lipinski definition) is 0. The van der Waals surface area contributed by atoms with E-state index in [-0.39, 0.29) is 18.3 Å². The first-order valence-corrected chi connectivity index (χ1v) is 11.3. The van der Waals surface area contributed by atoms with E-state index in [0.717, 1.165) is 40.5 Å². The van der Waals surface area contributed by atoms with Gasteiger partial charge < -0.3 is 4.74 Å². The molecule has 0 bridgehead atoms. The smallest absolute Gasteiger partial charge is 0.162 e. The number of ether oxygens (including phenoxy) is 1. The van der Waals surface area contributed by atoms with Crippen molar-refractivity contribution in [3.63, 3.8) is 0 Å². The molecule has 1 aliphatic rings. The molecule has 0 radical (unpaired) electrons. The topological polar surface area (TPSA) is 69.4 Å². The van der Waals surface area contributed by atoms with E-state index in [1.54, 1.807) is 0 Å². The summed E-state index contributed by atoms with van der Waals surface area (Å²) in [5.74, 6) is 2.33. The summed E-state index contributed by atoms with van der Waals surface area (Å²) in [7, 11) is 0. The molecule has 0 N–H and O–H groups in total. The highest BCUT2D eigenvalue weighted by Gasteiger charge is 2.29. The number of carbonyl (C=O) groups excluding carboxylic acids is 1. The Hall–Kier alpha value is -2.99. The standard InChI is InChI=1S/C25H27ClN4O2/c1-5-6-19(31)13-22-25-29-28-16(4)30(25)23-14-20(32-15(2)3)11-12-21(23)24(27-22)17-7-9-18(26)10-8-17/h7-12,14-15,22H,5-6,13H2,1-4H3/t22-/m0/s1. The Labute approximate surface area is 193 Å². The molecule has 1 aliphatic heterocycles. The molecule has 0 saturated heterocycles. The van der Waals surface area contributed by atoms with Gasteiger partial charge in [0.1, 0.15) is 23.4 Å². The molecule has 0 unspecified atom stereocenters. The van der Waals surface area contributed by atoms with Crippen LogP contribution in [0.4, 0.5) is 0 Å². The van der Waals surface area contributed by atoms with Gasteiger partial charge >= 0.3 is 0 Å². The van der Waals surface area contributed by atoms with E-state index < -0.39 is 6.04 Å². The minimum Gasteiger partial charge on any atom is -0.491 e. The number of benzene rings is 2. The van der Waals surface area contributed by atoms with E-state index in [4.69, 9.17) is 21.3 Å². The van der Waals surface area contributed by atoms with E-state index in [1.807, 2.05) is 74.7 Å². The summed E-state index contributed by atoms with van der Waals surface area (Å²) in [5.41, 5.74) is 3.54. The molecule has 0 fully saturated rings. The van der Waals surface area contributed by atoms with E-state index >= 15 is 0 Å². The summed E-state index contributed by atoms with van der Waals surface area (Å²) in [5, 5.41) is 9.41. The molecule has 1 atom stereocenters. The number of Topliss-reactive ketones (excluding diaryl/α,β-unsaturated/α-hetero) is 1. The number of rotatable bonds is 7. The van der Waals surface area contributed by atoms with Gasteiger partial charge in [-0.25, -0.2) is 0 Å². The van der Waals surface area contributed by atoms with Crippen molar-refractivity contribution in [2.24, 2.45) is 4.99 Å². The molecule has 3 aromatic rings. The Kier molecular flexibility index (Phi) is 6.42. The van der Waals surface area contributed by atoms with Crippen molar-refractivity contribution in [1.29, 1.82) is 0 Å². The molecule has 6 nitrogen and oxygen atoms in total. The lowest BCUT2D eigenvalue weighted by atomic mass is 10.00. The molecule has 0 spiro atoms. The fourth-order valence-electron chi connectivity index (χ4n) is 3.99. The van der Waals surface area contributed by atoms with E-state index in [9.17, 15) is 4.79 Å². The first-order valence-electron chi connectivity index (χ1n) is 11.0. The van der Waals surface area contributed by atoms with E-state index in [1.165, 1.54) is 0 Å². The summed E-state index contributed by atoms with van der Waals surface area (Å²) in [6.45, 7) is 7.91. The average Bonchev–Trinajstić information content (AvgIpc) is 3.07. The van der Waals surface area contributed by atoms with Crippen LogP contribution < -0.4 is 4.74 Å². The van der Waals surface area contributed by atoms with Gasteiger partial charge in [0, 0.05) is 35.1 Å². The third kappa shape index (κ3) is 4.46. The Morgan fingerprint density at radius 3 is 2.59 bits per heavy atom. The van der Waals surface area contributed by atoms with Crippen molar-refractivity contribution in [1.82, 2.24) is 14.8 Å². The number of carbonyl (C=O) groups is 1. The lowest BCUT2D eigenvalue weighted by Gasteiger charge is -2.16. The molecule has 0 saturated carbocycles. The van der Waals surface area contributed by atoms with Gasteiger partial charge in [-0.3, -0.25) is 14.4 Å². The maximum absolute atomic E-state index is 12.6. The molecule has 0 aliphatic carbocycles. The number of hydrogen-bond acceptors (Lipinski definition) is 5. The molecule has 7 heteroatoms. The van der Waals surface area contributed by atoms with Gasteiger partial charge in [-0.2, -0.15) is 0 Å². The van der Waals surface area contributed by atoms with Crippen LogP contribution in [0.1, 0.15) is 68.9 Å². The summed E-state index contributed by atoms with van der Waals surface area (Å²) < 4.78 is 7.97. The highest BCUT2D eigenvalue weighted by Crippen LogP contribution is 2.35. The Morgan fingerprint density at radius 1 is 1.16 bits per heavy atom. The van der Waals surface area contributed by atoms with Crippen LogP contribution in [0.2, 0.25) is 5.02 Å². The SMILES string of the molecule is CCCC(=O)C[C@@H]1N=C(c2ccc(Cl)cc2)c2ccc(OC(C)C)cc2-n2c(C)nnc21. The monoisotopic (exact) mass is 450 g/mol. The zero-order valence-corrected chi connectivity index (χ0v) is 19.6. The van der Waals surface area contributed by atoms with Crippen LogP contribution >= 0.6 is 11.6 Å². The molecule has 32 heavy (non-hydrogen) atoms. The lowest BCUT2D eigenvalue weighted by Crippen LogP contribution is -2.11. The van der Waals surface area contributed by atoms with Gasteiger partial charge in [-0.05, 0) is 51.5 Å². The number of nitrogens with zero attached hydrogens (tertiary/aromatic N) is 4. The van der Waals surface area contributed by atoms with Crippen molar-refractivity contribution in [2.75, 3.05) is 0 Å². The van der Waals surface area contributed by atoms with Crippen molar-refractivity contribution >= 4 is 23.1 Å². The fourth-order valence-corrected chi connectivity index (χ4v) is 4.11. The number of fused-ring (bicyclic) bond motifs is 3. The molecule has 0 amide bonds. The van der Waals surface area contributed by atoms with Crippen LogP contribution in [0.25, 0.3) is 5.69 Å². The third-order valence-corrected chi connectivity index (χ3v) is 5.59. The predicted molar refractivity (Wildman–Crippen MR) is 126 cm³/mol. The molecule has 1 aromatic heterocycles. The number of aromatic nitrogens is 3. The van der Waals surface area contributed by atoms with Crippen LogP contribution in [0.3, 0.4) is 0 Å². The molecular formula is C25H27ClN4O2. The number of aryl methyl sites for hydroxylation is 1. The second-order valence-electron chi connectivity index (χ2n) is 8.28. The fraction of sp³-hybridized carbons (Fsp3) is 0.360. The van der Waals surface area contributed by atoms with Crippen molar-refractivity contribution in [3.05, 3.63) is 70.3 Å². The quantitative estimate of drug-likeness (QED) is 0.465. The zero-order valence-electron chi connectivity index (χ0n) is 18.8. The van der Waals surface area contributed by atoms with Gasteiger partial charge in [0.15, 0.2) is 5.82 Å². The number of aliphatic imine (C=N–C) groups is 1. The van der Waals surface area contributed by atoms with Gasteiger partial charge in [0.05, 0.1) is 17.5 Å². The van der Waals surface area contributed by atoms with Crippen molar-refractivity contribution in [2.45, 2.75) is 59.1 Å². The maximum atomic E-state index is 12.6. The second kappa shape index (κ2) is 9.25. The highest BCUT2D eigenvalue weighted by atomic mass is 35.5.